The molecule has 4 nitrogen and oxygen atoms in total. The molecule has 0 unspecified atom stereocenters. The zero-order chi connectivity index (χ0) is 18.0. The van der Waals surface area contributed by atoms with E-state index in [1.807, 2.05) is 19.1 Å². The molecule has 0 saturated carbocycles. The molecule has 0 saturated heterocycles. The number of ether oxygens (including phenoxy) is 1. The molecule has 3 aromatic rings. The molecule has 1 aromatic heterocycles. The molecule has 6 heteroatoms. The van der Waals surface area contributed by atoms with Gasteiger partial charge in [0.15, 0.2) is 11.7 Å². The number of carbonyl (C=O) groups excluding carboxylic acids is 1. The molecular weight excluding hydrogens is 339 g/mol. The second-order valence-corrected chi connectivity index (χ2v) is 7.18. The van der Waals surface area contributed by atoms with Crippen LogP contribution in [0.1, 0.15) is 30.9 Å². The third-order valence-corrected chi connectivity index (χ3v) is 4.77. The van der Waals surface area contributed by atoms with Gasteiger partial charge >= 0.3 is 0 Å². The lowest BCUT2D eigenvalue weighted by molar-refractivity contribution is -0.118. The number of aromatic nitrogens is 1. The van der Waals surface area contributed by atoms with E-state index in [9.17, 15) is 9.18 Å². The molecule has 0 bridgehead atoms. The van der Waals surface area contributed by atoms with E-state index < -0.39 is 0 Å². The van der Waals surface area contributed by atoms with Gasteiger partial charge < -0.3 is 4.74 Å². The third kappa shape index (κ3) is 4.14. The average molecular weight is 358 g/mol. The summed E-state index contributed by atoms with van der Waals surface area (Å²) in [5, 5.41) is 3.13. The van der Waals surface area contributed by atoms with Crippen molar-refractivity contribution in [3.05, 3.63) is 53.3 Å². The van der Waals surface area contributed by atoms with Gasteiger partial charge in [-0.25, -0.2) is 9.37 Å². The maximum Gasteiger partial charge on any atom is 0.264 e. The summed E-state index contributed by atoms with van der Waals surface area (Å²) in [5.41, 5.74) is 2.80. The van der Waals surface area contributed by atoms with Crippen LogP contribution < -0.4 is 10.1 Å². The summed E-state index contributed by atoms with van der Waals surface area (Å²) >= 11 is 1.23. The van der Waals surface area contributed by atoms with Crippen molar-refractivity contribution in [1.29, 1.82) is 0 Å². The first-order valence-electron chi connectivity index (χ1n) is 8.01. The minimum atomic E-state index is -0.321. The van der Waals surface area contributed by atoms with E-state index in [-0.39, 0.29) is 18.3 Å². The van der Waals surface area contributed by atoms with Crippen LogP contribution in [0.5, 0.6) is 5.75 Å². The Morgan fingerprint density at radius 1 is 1.28 bits per heavy atom. The molecule has 0 aliphatic rings. The van der Waals surface area contributed by atoms with E-state index in [0.29, 0.717) is 27.0 Å². The highest BCUT2D eigenvalue weighted by Crippen LogP contribution is 2.27. The molecule has 0 radical (unpaired) electrons. The summed E-state index contributed by atoms with van der Waals surface area (Å²) < 4.78 is 19.6. The molecule has 1 N–H and O–H groups in total. The first-order chi connectivity index (χ1) is 11.9. The van der Waals surface area contributed by atoms with Gasteiger partial charge in [0, 0.05) is 0 Å². The van der Waals surface area contributed by atoms with Crippen molar-refractivity contribution < 1.29 is 13.9 Å². The van der Waals surface area contributed by atoms with Crippen molar-refractivity contribution in [3.8, 4) is 5.75 Å². The number of halogens is 1. The van der Waals surface area contributed by atoms with Crippen LogP contribution in [-0.4, -0.2) is 17.5 Å². The number of aryl methyl sites for hydroxylation is 1. The molecule has 0 atom stereocenters. The lowest BCUT2D eigenvalue weighted by Crippen LogP contribution is -2.20. The summed E-state index contributed by atoms with van der Waals surface area (Å²) in [6.45, 7) is 6.06. The fourth-order valence-electron chi connectivity index (χ4n) is 2.38. The molecule has 0 fully saturated rings. The number of amides is 1. The molecular formula is C19H19FN2O2S. The van der Waals surface area contributed by atoms with E-state index in [4.69, 9.17) is 4.74 Å². The average Bonchev–Trinajstić information content (AvgIpc) is 2.95. The topological polar surface area (TPSA) is 51.2 Å². The van der Waals surface area contributed by atoms with Crippen LogP contribution in [0.4, 0.5) is 9.52 Å². The highest BCUT2D eigenvalue weighted by molar-refractivity contribution is 7.22. The van der Waals surface area contributed by atoms with Crippen LogP contribution in [0.2, 0.25) is 0 Å². The fraction of sp³-hybridized carbons (Fsp3) is 0.263. The quantitative estimate of drug-likeness (QED) is 0.707. The standard InChI is InChI=1S/C19H19FN2O2S/c1-11(2)13-5-4-12(3)16(8-13)24-10-18(23)22-19-21-15-7-6-14(20)9-17(15)25-19/h4-9,11H,10H2,1-3H3,(H,21,22,23). The number of nitrogens with zero attached hydrogens (tertiary/aromatic N) is 1. The van der Waals surface area contributed by atoms with Crippen LogP contribution in [0.25, 0.3) is 10.2 Å². The monoisotopic (exact) mass is 358 g/mol. The van der Waals surface area contributed by atoms with Gasteiger partial charge in [0.2, 0.25) is 0 Å². The van der Waals surface area contributed by atoms with Crippen LogP contribution in [0.15, 0.2) is 36.4 Å². The van der Waals surface area contributed by atoms with Crippen LogP contribution in [0, 0.1) is 12.7 Å². The van der Waals surface area contributed by atoms with E-state index in [0.717, 1.165) is 11.1 Å². The number of carbonyl (C=O) groups is 1. The largest absolute Gasteiger partial charge is 0.483 e. The Kier molecular flexibility index (Phi) is 4.99. The zero-order valence-corrected chi connectivity index (χ0v) is 15.1. The summed E-state index contributed by atoms with van der Waals surface area (Å²) in [6, 6.07) is 10.4. The maximum atomic E-state index is 13.2. The third-order valence-electron chi connectivity index (χ3n) is 3.83. The van der Waals surface area contributed by atoms with Gasteiger partial charge in [-0.3, -0.25) is 10.1 Å². The van der Waals surface area contributed by atoms with Gasteiger partial charge in [-0.05, 0) is 48.2 Å². The van der Waals surface area contributed by atoms with Crippen molar-refractivity contribution in [1.82, 2.24) is 4.98 Å². The van der Waals surface area contributed by atoms with Crippen LogP contribution >= 0.6 is 11.3 Å². The van der Waals surface area contributed by atoms with Crippen molar-refractivity contribution in [2.45, 2.75) is 26.7 Å². The number of anilines is 1. The second kappa shape index (κ2) is 7.19. The molecule has 0 spiro atoms. The first kappa shape index (κ1) is 17.4. The Morgan fingerprint density at radius 2 is 2.08 bits per heavy atom. The lowest BCUT2D eigenvalue weighted by atomic mass is 10.0. The number of benzene rings is 2. The molecule has 1 heterocycles. The summed E-state index contributed by atoms with van der Waals surface area (Å²) in [5.74, 6) is 0.472. The highest BCUT2D eigenvalue weighted by Gasteiger charge is 2.11. The Bertz CT molecular complexity index is 921. The number of nitrogens with one attached hydrogen (secondary N) is 1. The Hall–Kier alpha value is -2.47. The maximum absolute atomic E-state index is 13.2. The van der Waals surface area contributed by atoms with Gasteiger partial charge in [-0.2, -0.15) is 0 Å². The SMILES string of the molecule is Cc1ccc(C(C)C)cc1OCC(=O)Nc1nc2ccc(F)cc2s1. The smallest absolute Gasteiger partial charge is 0.264 e. The zero-order valence-electron chi connectivity index (χ0n) is 14.3. The van der Waals surface area contributed by atoms with Gasteiger partial charge in [0.05, 0.1) is 10.2 Å². The minimum absolute atomic E-state index is 0.104. The number of thiazole rings is 1. The van der Waals surface area contributed by atoms with Crippen LogP contribution in [-0.2, 0) is 4.79 Å². The van der Waals surface area contributed by atoms with Gasteiger partial charge in [0.1, 0.15) is 11.6 Å². The predicted octanol–water partition coefficient (Wildman–Crippen LogP) is 4.88. The van der Waals surface area contributed by atoms with Crippen molar-refractivity contribution in [2.75, 3.05) is 11.9 Å². The Labute approximate surface area is 149 Å². The first-order valence-corrected chi connectivity index (χ1v) is 8.83. The number of rotatable bonds is 5. The van der Waals surface area contributed by atoms with Crippen molar-refractivity contribution >= 4 is 32.6 Å². The fourth-order valence-corrected chi connectivity index (χ4v) is 3.29. The normalized spacial score (nSPS) is 11.1. The molecule has 3 rings (SSSR count). The Balaban J connectivity index is 1.65. The van der Waals surface area contributed by atoms with E-state index in [1.54, 1.807) is 6.07 Å². The highest BCUT2D eigenvalue weighted by atomic mass is 32.1. The minimum Gasteiger partial charge on any atom is -0.483 e. The molecule has 25 heavy (non-hydrogen) atoms. The van der Waals surface area contributed by atoms with Crippen molar-refractivity contribution in [2.24, 2.45) is 0 Å². The molecule has 130 valence electrons. The molecule has 0 aliphatic heterocycles. The molecule has 2 aromatic carbocycles. The van der Waals surface area contributed by atoms with Gasteiger partial charge in [-0.15, -0.1) is 0 Å². The second-order valence-electron chi connectivity index (χ2n) is 6.15. The van der Waals surface area contributed by atoms with Gasteiger partial charge in [-0.1, -0.05) is 37.3 Å². The van der Waals surface area contributed by atoms with Crippen molar-refractivity contribution in [3.63, 3.8) is 0 Å². The summed E-state index contributed by atoms with van der Waals surface area (Å²) in [7, 11) is 0. The summed E-state index contributed by atoms with van der Waals surface area (Å²) in [4.78, 5) is 16.4. The van der Waals surface area contributed by atoms with Gasteiger partial charge in [0.25, 0.3) is 5.91 Å². The predicted molar refractivity (Wildman–Crippen MR) is 99.0 cm³/mol. The molecule has 0 aliphatic carbocycles. The lowest BCUT2D eigenvalue weighted by Gasteiger charge is -2.12. The van der Waals surface area contributed by atoms with E-state index in [2.05, 4.69) is 30.2 Å². The van der Waals surface area contributed by atoms with Crippen LogP contribution in [0.3, 0.4) is 0 Å². The van der Waals surface area contributed by atoms with E-state index in [1.165, 1.54) is 23.5 Å². The Morgan fingerprint density at radius 3 is 2.84 bits per heavy atom. The molecule has 1 amide bonds. The summed E-state index contributed by atoms with van der Waals surface area (Å²) in [6.07, 6.45) is 0. The number of hydrogen-bond acceptors (Lipinski definition) is 4. The number of fused-ring (bicyclic) bond motifs is 1. The van der Waals surface area contributed by atoms with E-state index >= 15 is 0 Å². The number of hydrogen-bond donors (Lipinski definition) is 1.